The molecule has 0 aliphatic carbocycles. The van der Waals surface area contributed by atoms with Crippen LogP contribution in [-0.4, -0.2) is 17.5 Å². The number of nitrogens with zero attached hydrogens (tertiary/aromatic N) is 1. The number of aryl methyl sites for hydroxylation is 1. The van der Waals surface area contributed by atoms with Crippen LogP contribution in [0.1, 0.15) is 38.8 Å². The fourth-order valence-electron chi connectivity index (χ4n) is 2.62. The molecular weight excluding hydrogens is 386 g/mol. The Balaban J connectivity index is 1.69. The van der Waals surface area contributed by atoms with Gasteiger partial charge in [-0.05, 0) is 61.9 Å². The highest BCUT2D eigenvalue weighted by Gasteiger charge is 2.08. The van der Waals surface area contributed by atoms with Gasteiger partial charge in [-0.1, -0.05) is 47.5 Å². The molecule has 2 N–H and O–H groups in total. The largest absolute Gasteiger partial charge is 0.322 e. The van der Waals surface area contributed by atoms with Crippen molar-refractivity contribution in [3.63, 3.8) is 0 Å². The Kier molecular flexibility index (Phi) is 6.42. The van der Waals surface area contributed by atoms with Crippen LogP contribution < -0.4 is 10.7 Å². The average molecular weight is 406 g/mol. The lowest BCUT2D eigenvalue weighted by atomic mass is 10.1. The molecule has 0 atom stereocenters. The van der Waals surface area contributed by atoms with E-state index in [-0.39, 0.29) is 11.8 Å². The van der Waals surface area contributed by atoms with Crippen LogP contribution in [0.25, 0.3) is 0 Å². The van der Waals surface area contributed by atoms with Crippen molar-refractivity contribution in [2.75, 3.05) is 5.32 Å². The van der Waals surface area contributed by atoms with Crippen LogP contribution in [0.4, 0.5) is 5.69 Å². The lowest BCUT2D eigenvalue weighted by molar-refractivity contribution is 0.0954. The third-order valence-electron chi connectivity index (χ3n) is 4.26. The van der Waals surface area contributed by atoms with E-state index in [1.54, 1.807) is 55.5 Å². The molecule has 0 saturated carbocycles. The zero-order valence-electron chi connectivity index (χ0n) is 16.1. The van der Waals surface area contributed by atoms with Crippen LogP contribution in [0.15, 0.2) is 77.9 Å². The Hall–Kier alpha value is -3.44. The fourth-order valence-corrected chi connectivity index (χ4v) is 2.81. The zero-order chi connectivity index (χ0) is 20.8. The Morgan fingerprint density at radius 2 is 1.52 bits per heavy atom. The van der Waals surface area contributed by atoms with Gasteiger partial charge in [-0.2, -0.15) is 5.10 Å². The summed E-state index contributed by atoms with van der Waals surface area (Å²) in [5.41, 5.74) is 6.65. The molecule has 146 valence electrons. The van der Waals surface area contributed by atoms with E-state index in [1.807, 2.05) is 31.2 Å². The summed E-state index contributed by atoms with van der Waals surface area (Å²) in [6.07, 6.45) is 0. The van der Waals surface area contributed by atoms with Gasteiger partial charge >= 0.3 is 0 Å². The molecule has 0 aliphatic heterocycles. The monoisotopic (exact) mass is 405 g/mol. The summed E-state index contributed by atoms with van der Waals surface area (Å²) in [5.74, 6) is -0.540. The second kappa shape index (κ2) is 9.17. The van der Waals surface area contributed by atoms with Gasteiger partial charge in [0.2, 0.25) is 0 Å². The van der Waals surface area contributed by atoms with Gasteiger partial charge in [-0.25, -0.2) is 5.43 Å². The van der Waals surface area contributed by atoms with Gasteiger partial charge in [0.05, 0.1) is 5.71 Å². The second-order valence-electron chi connectivity index (χ2n) is 6.55. The molecule has 0 fully saturated rings. The summed E-state index contributed by atoms with van der Waals surface area (Å²) in [4.78, 5) is 24.6. The number of benzene rings is 3. The Morgan fingerprint density at radius 1 is 0.828 bits per heavy atom. The van der Waals surface area contributed by atoms with E-state index in [4.69, 9.17) is 11.6 Å². The molecule has 3 aromatic carbocycles. The lowest BCUT2D eigenvalue weighted by Gasteiger charge is -2.08. The van der Waals surface area contributed by atoms with Gasteiger partial charge < -0.3 is 5.32 Å². The van der Waals surface area contributed by atoms with Crippen LogP contribution in [0, 0.1) is 6.92 Å². The third-order valence-corrected chi connectivity index (χ3v) is 4.50. The summed E-state index contributed by atoms with van der Waals surface area (Å²) < 4.78 is 0. The van der Waals surface area contributed by atoms with Crippen LogP contribution in [0.2, 0.25) is 5.02 Å². The summed E-state index contributed by atoms with van der Waals surface area (Å²) in [6.45, 7) is 3.75. The standard InChI is InChI=1S/C23H20ClN3O2/c1-15-9-11-17(12-10-15)23(29)27-26-16(2)18-5-4-8-21(14-18)25-22(28)19-6-3-7-20(24)13-19/h3-14H,1-2H3,(H,25,28)(H,27,29)/b26-16-. The molecule has 0 radical (unpaired) electrons. The van der Waals surface area contributed by atoms with E-state index in [2.05, 4.69) is 15.8 Å². The van der Waals surface area contributed by atoms with Crippen molar-refractivity contribution in [2.24, 2.45) is 5.10 Å². The zero-order valence-corrected chi connectivity index (χ0v) is 16.8. The van der Waals surface area contributed by atoms with Crippen molar-refractivity contribution >= 4 is 34.8 Å². The maximum atomic E-state index is 12.4. The molecule has 29 heavy (non-hydrogen) atoms. The summed E-state index contributed by atoms with van der Waals surface area (Å²) in [7, 11) is 0. The molecule has 0 aromatic heterocycles. The second-order valence-corrected chi connectivity index (χ2v) is 6.99. The number of halogens is 1. The number of carbonyl (C=O) groups is 2. The van der Waals surface area contributed by atoms with Gasteiger partial charge in [0.25, 0.3) is 11.8 Å². The molecule has 0 aliphatic rings. The van der Waals surface area contributed by atoms with Crippen molar-refractivity contribution in [3.8, 4) is 0 Å². The number of hydrogen-bond donors (Lipinski definition) is 2. The maximum Gasteiger partial charge on any atom is 0.271 e. The predicted octanol–water partition coefficient (Wildman–Crippen LogP) is 5.05. The van der Waals surface area contributed by atoms with Crippen molar-refractivity contribution in [1.82, 2.24) is 5.43 Å². The lowest BCUT2D eigenvalue weighted by Crippen LogP contribution is -2.19. The highest BCUT2D eigenvalue weighted by atomic mass is 35.5. The molecule has 0 spiro atoms. The van der Waals surface area contributed by atoms with E-state index in [9.17, 15) is 9.59 Å². The predicted molar refractivity (Wildman–Crippen MR) is 117 cm³/mol. The average Bonchev–Trinajstić information content (AvgIpc) is 2.72. The van der Waals surface area contributed by atoms with Crippen LogP contribution in [0.5, 0.6) is 0 Å². The number of amides is 2. The summed E-state index contributed by atoms with van der Waals surface area (Å²) in [5, 5.41) is 7.51. The molecule has 0 saturated heterocycles. The number of anilines is 1. The normalized spacial score (nSPS) is 11.1. The number of carbonyl (C=O) groups excluding carboxylic acids is 2. The molecule has 6 heteroatoms. The van der Waals surface area contributed by atoms with E-state index in [1.165, 1.54) is 0 Å². The van der Waals surface area contributed by atoms with Crippen molar-refractivity contribution in [2.45, 2.75) is 13.8 Å². The number of hydrazone groups is 1. The van der Waals surface area contributed by atoms with Crippen molar-refractivity contribution < 1.29 is 9.59 Å². The number of nitrogens with one attached hydrogen (secondary N) is 2. The van der Waals surface area contributed by atoms with Crippen LogP contribution >= 0.6 is 11.6 Å². The smallest absolute Gasteiger partial charge is 0.271 e. The minimum absolute atomic E-state index is 0.257. The highest BCUT2D eigenvalue weighted by molar-refractivity contribution is 6.31. The first-order valence-electron chi connectivity index (χ1n) is 9.01. The molecule has 0 unspecified atom stereocenters. The number of hydrogen-bond acceptors (Lipinski definition) is 3. The molecular formula is C23H20ClN3O2. The molecule has 5 nitrogen and oxygen atoms in total. The van der Waals surface area contributed by atoms with Gasteiger partial charge in [0, 0.05) is 21.8 Å². The maximum absolute atomic E-state index is 12.4. The van der Waals surface area contributed by atoms with E-state index in [0.29, 0.717) is 27.5 Å². The molecule has 3 rings (SSSR count). The minimum Gasteiger partial charge on any atom is -0.322 e. The minimum atomic E-state index is -0.283. The Labute approximate surface area is 174 Å². The SMILES string of the molecule is C/C(=N/NC(=O)c1ccc(C)cc1)c1cccc(NC(=O)c2cccc(Cl)c2)c1. The Morgan fingerprint density at radius 3 is 2.24 bits per heavy atom. The third kappa shape index (κ3) is 5.53. The fraction of sp³-hybridized carbons (Fsp3) is 0.0870. The molecule has 3 aromatic rings. The van der Waals surface area contributed by atoms with E-state index in [0.717, 1.165) is 11.1 Å². The van der Waals surface area contributed by atoms with Crippen molar-refractivity contribution in [3.05, 3.63) is 100 Å². The summed E-state index contributed by atoms with van der Waals surface area (Å²) >= 11 is 5.94. The first-order chi connectivity index (χ1) is 13.9. The van der Waals surface area contributed by atoms with Crippen LogP contribution in [0.3, 0.4) is 0 Å². The Bertz CT molecular complexity index is 1080. The van der Waals surface area contributed by atoms with E-state index >= 15 is 0 Å². The summed E-state index contributed by atoms with van der Waals surface area (Å²) in [6, 6.07) is 21.2. The van der Waals surface area contributed by atoms with Gasteiger partial charge in [-0.3, -0.25) is 9.59 Å². The van der Waals surface area contributed by atoms with Gasteiger partial charge in [0.1, 0.15) is 0 Å². The first kappa shape index (κ1) is 20.3. The molecule has 0 bridgehead atoms. The number of rotatable bonds is 5. The first-order valence-corrected chi connectivity index (χ1v) is 9.39. The molecule has 0 heterocycles. The van der Waals surface area contributed by atoms with Gasteiger partial charge in [0.15, 0.2) is 0 Å². The van der Waals surface area contributed by atoms with Gasteiger partial charge in [-0.15, -0.1) is 0 Å². The van der Waals surface area contributed by atoms with Crippen molar-refractivity contribution in [1.29, 1.82) is 0 Å². The molecule has 2 amide bonds. The highest BCUT2D eigenvalue weighted by Crippen LogP contribution is 2.15. The van der Waals surface area contributed by atoms with Crippen LogP contribution in [-0.2, 0) is 0 Å². The topological polar surface area (TPSA) is 70.6 Å². The van der Waals surface area contributed by atoms with E-state index < -0.39 is 0 Å². The quantitative estimate of drug-likeness (QED) is 0.460.